The second kappa shape index (κ2) is 7.79. The molecule has 1 N–H and O–H groups in total. The zero-order valence-electron chi connectivity index (χ0n) is 13.4. The molecule has 2 amide bonds. The molecule has 0 aromatic heterocycles. The first-order valence-corrected chi connectivity index (χ1v) is 7.24. The van der Waals surface area contributed by atoms with Gasteiger partial charge in [0.15, 0.2) is 6.61 Å². The van der Waals surface area contributed by atoms with E-state index in [0.717, 1.165) is 0 Å². The van der Waals surface area contributed by atoms with E-state index in [1.54, 1.807) is 62.6 Å². The SMILES string of the molecule is CN(C)C(=O)c1ccc(NC(=O)COc2ccccc2C#N)cc1. The number of ether oxygens (including phenoxy) is 1. The van der Waals surface area contributed by atoms with Gasteiger partial charge >= 0.3 is 0 Å². The number of hydrogen-bond acceptors (Lipinski definition) is 4. The Morgan fingerprint density at radius 1 is 1.12 bits per heavy atom. The van der Waals surface area contributed by atoms with Crippen LogP contribution in [0.1, 0.15) is 15.9 Å². The number of hydrogen-bond donors (Lipinski definition) is 1. The zero-order chi connectivity index (χ0) is 17.5. The van der Waals surface area contributed by atoms with Gasteiger partial charge < -0.3 is 15.0 Å². The first-order valence-electron chi connectivity index (χ1n) is 7.24. The van der Waals surface area contributed by atoms with Crippen LogP contribution in [0.2, 0.25) is 0 Å². The fraction of sp³-hybridized carbons (Fsp3) is 0.167. The summed E-state index contributed by atoms with van der Waals surface area (Å²) in [5.74, 6) is -0.0965. The van der Waals surface area contributed by atoms with E-state index in [9.17, 15) is 9.59 Å². The molecule has 2 rings (SSSR count). The van der Waals surface area contributed by atoms with Crippen LogP contribution in [0.4, 0.5) is 5.69 Å². The van der Waals surface area contributed by atoms with Gasteiger partial charge in [0.2, 0.25) is 0 Å². The molecule has 0 atom stereocenters. The third-order valence-corrected chi connectivity index (χ3v) is 3.19. The van der Waals surface area contributed by atoms with E-state index >= 15 is 0 Å². The molecule has 24 heavy (non-hydrogen) atoms. The highest BCUT2D eigenvalue weighted by Crippen LogP contribution is 2.16. The van der Waals surface area contributed by atoms with Crippen LogP contribution in [-0.4, -0.2) is 37.4 Å². The number of nitriles is 1. The Morgan fingerprint density at radius 3 is 2.42 bits per heavy atom. The fourth-order valence-corrected chi connectivity index (χ4v) is 1.98. The molecule has 0 bridgehead atoms. The van der Waals surface area contributed by atoms with Crippen LogP contribution in [0.15, 0.2) is 48.5 Å². The van der Waals surface area contributed by atoms with Crippen molar-refractivity contribution in [1.29, 1.82) is 5.26 Å². The number of nitrogens with one attached hydrogen (secondary N) is 1. The molecule has 6 nitrogen and oxygen atoms in total. The zero-order valence-corrected chi connectivity index (χ0v) is 13.4. The van der Waals surface area contributed by atoms with Crippen LogP contribution >= 0.6 is 0 Å². The average Bonchev–Trinajstić information content (AvgIpc) is 2.60. The number of amides is 2. The van der Waals surface area contributed by atoms with Gasteiger partial charge in [-0.05, 0) is 36.4 Å². The normalized spacial score (nSPS) is 9.71. The Balaban J connectivity index is 1.93. The van der Waals surface area contributed by atoms with E-state index in [1.807, 2.05) is 6.07 Å². The third-order valence-electron chi connectivity index (χ3n) is 3.19. The minimum absolute atomic E-state index is 0.107. The molecule has 0 spiro atoms. The molecule has 122 valence electrons. The lowest BCUT2D eigenvalue weighted by Gasteiger charge is -2.11. The lowest BCUT2D eigenvalue weighted by molar-refractivity contribution is -0.118. The van der Waals surface area contributed by atoms with E-state index < -0.39 is 0 Å². The maximum absolute atomic E-state index is 11.9. The molecule has 0 aliphatic rings. The summed E-state index contributed by atoms with van der Waals surface area (Å²) in [6.45, 7) is -0.211. The van der Waals surface area contributed by atoms with Crippen molar-refractivity contribution >= 4 is 17.5 Å². The van der Waals surface area contributed by atoms with Crippen molar-refractivity contribution in [2.45, 2.75) is 0 Å². The molecule has 2 aromatic rings. The Hall–Kier alpha value is -3.33. The van der Waals surface area contributed by atoms with Crippen molar-refractivity contribution in [1.82, 2.24) is 4.90 Å². The summed E-state index contributed by atoms with van der Waals surface area (Å²) in [5, 5.41) is 11.6. The van der Waals surface area contributed by atoms with Crippen LogP contribution in [0, 0.1) is 11.3 Å². The smallest absolute Gasteiger partial charge is 0.262 e. The van der Waals surface area contributed by atoms with E-state index in [0.29, 0.717) is 22.6 Å². The van der Waals surface area contributed by atoms with E-state index in [-0.39, 0.29) is 18.4 Å². The molecule has 0 aliphatic carbocycles. The second-order valence-electron chi connectivity index (χ2n) is 5.22. The highest BCUT2D eigenvalue weighted by atomic mass is 16.5. The molecule has 0 aliphatic heterocycles. The maximum atomic E-state index is 11.9. The topological polar surface area (TPSA) is 82.4 Å². The molecule has 0 fully saturated rings. The van der Waals surface area contributed by atoms with Crippen molar-refractivity contribution in [2.24, 2.45) is 0 Å². The fourth-order valence-electron chi connectivity index (χ4n) is 1.98. The number of anilines is 1. The van der Waals surface area contributed by atoms with E-state index in [1.165, 1.54) is 4.90 Å². The number of carbonyl (C=O) groups excluding carboxylic acids is 2. The van der Waals surface area contributed by atoms with Crippen LogP contribution < -0.4 is 10.1 Å². The van der Waals surface area contributed by atoms with Gasteiger partial charge in [0.05, 0.1) is 5.56 Å². The highest BCUT2D eigenvalue weighted by Gasteiger charge is 2.09. The van der Waals surface area contributed by atoms with Gasteiger partial charge in [-0.3, -0.25) is 9.59 Å². The monoisotopic (exact) mass is 323 g/mol. The van der Waals surface area contributed by atoms with Gasteiger partial charge in [0.1, 0.15) is 11.8 Å². The maximum Gasteiger partial charge on any atom is 0.262 e. The van der Waals surface area contributed by atoms with Gasteiger partial charge in [-0.25, -0.2) is 0 Å². The van der Waals surface area contributed by atoms with Crippen LogP contribution in [-0.2, 0) is 4.79 Å². The lowest BCUT2D eigenvalue weighted by Crippen LogP contribution is -2.22. The molecule has 2 aromatic carbocycles. The summed E-state index contributed by atoms with van der Waals surface area (Å²) < 4.78 is 5.36. The van der Waals surface area contributed by atoms with E-state index in [4.69, 9.17) is 10.00 Å². The Kier molecular flexibility index (Phi) is 5.53. The van der Waals surface area contributed by atoms with Crippen molar-refractivity contribution in [3.05, 3.63) is 59.7 Å². The summed E-state index contributed by atoms with van der Waals surface area (Å²) >= 11 is 0. The molecule has 0 unspecified atom stereocenters. The highest BCUT2D eigenvalue weighted by molar-refractivity contribution is 5.95. The summed E-state index contributed by atoms with van der Waals surface area (Å²) in [5.41, 5.74) is 1.47. The predicted molar refractivity (Wildman–Crippen MR) is 89.7 cm³/mol. The Labute approximate surface area is 140 Å². The van der Waals surface area contributed by atoms with Gasteiger partial charge in [-0.1, -0.05) is 12.1 Å². The summed E-state index contributed by atoms with van der Waals surface area (Å²) in [6.07, 6.45) is 0. The van der Waals surface area contributed by atoms with Gasteiger partial charge in [0, 0.05) is 25.3 Å². The number of benzene rings is 2. The minimum atomic E-state index is -0.352. The molecular weight excluding hydrogens is 306 g/mol. The lowest BCUT2D eigenvalue weighted by atomic mass is 10.2. The molecule has 6 heteroatoms. The first kappa shape index (κ1) is 17.0. The van der Waals surface area contributed by atoms with E-state index in [2.05, 4.69) is 5.32 Å². The largest absolute Gasteiger partial charge is 0.482 e. The Morgan fingerprint density at radius 2 is 1.79 bits per heavy atom. The van der Waals surface area contributed by atoms with Crippen molar-refractivity contribution in [2.75, 3.05) is 26.0 Å². The number of para-hydroxylation sites is 1. The average molecular weight is 323 g/mol. The van der Waals surface area contributed by atoms with Gasteiger partial charge in [-0.2, -0.15) is 5.26 Å². The van der Waals surface area contributed by atoms with Crippen molar-refractivity contribution in [3.63, 3.8) is 0 Å². The van der Waals surface area contributed by atoms with Crippen LogP contribution in [0.25, 0.3) is 0 Å². The summed E-state index contributed by atoms with van der Waals surface area (Å²) in [7, 11) is 3.35. The minimum Gasteiger partial charge on any atom is -0.482 e. The molecule has 0 saturated heterocycles. The number of nitrogens with zero attached hydrogens (tertiary/aromatic N) is 2. The van der Waals surface area contributed by atoms with Crippen LogP contribution in [0.3, 0.4) is 0 Å². The van der Waals surface area contributed by atoms with Gasteiger partial charge in [0.25, 0.3) is 11.8 Å². The van der Waals surface area contributed by atoms with Gasteiger partial charge in [-0.15, -0.1) is 0 Å². The molecule has 0 saturated carbocycles. The van der Waals surface area contributed by atoms with Crippen molar-refractivity contribution in [3.8, 4) is 11.8 Å². The Bertz CT molecular complexity index is 777. The number of rotatable bonds is 5. The molecule has 0 heterocycles. The predicted octanol–water partition coefficient (Wildman–Crippen LogP) is 2.28. The summed E-state index contributed by atoms with van der Waals surface area (Å²) in [4.78, 5) is 25.2. The standard InChI is InChI=1S/C18H17N3O3/c1-21(2)18(23)13-7-9-15(10-8-13)20-17(22)12-24-16-6-4-3-5-14(16)11-19/h3-10H,12H2,1-2H3,(H,20,22). The summed E-state index contributed by atoms with van der Waals surface area (Å²) in [6, 6.07) is 15.3. The second-order valence-corrected chi connectivity index (χ2v) is 5.22. The molecular formula is C18H17N3O3. The first-order chi connectivity index (χ1) is 11.5. The third kappa shape index (κ3) is 4.34. The number of carbonyl (C=O) groups is 2. The van der Waals surface area contributed by atoms with Crippen LogP contribution in [0.5, 0.6) is 5.75 Å². The quantitative estimate of drug-likeness (QED) is 0.915. The van der Waals surface area contributed by atoms with Crippen molar-refractivity contribution < 1.29 is 14.3 Å². The molecule has 0 radical (unpaired) electrons.